The number of carbonyl (C=O) groups excluding carboxylic acids is 1. The molecule has 1 fully saturated rings. The summed E-state index contributed by atoms with van der Waals surface area (Å²) in [4.78, 5) is 25.6. The topological polar surface area (TPSA) is 70.6 Å². The van der Waals surface area contributed by atoms with Gasteiger partial charge in [-0.15, -0.1) is 0 Å². The van der Waals surface area contributed by atoms with Crippen LogP contribution in [0.25, 0.3) is 0 Å². The number of nitrogens with zero attached hydrogens (tertiary/aromatic N) is 4. The minimum absolute atomic E-state index is 0.142. The monoisotopic (exact) mass is 383 g/mol. The second kappa shape index (κ2) is 9.39. The summed E-state index contributed by atoms with van der Waals surface area (Å²) >= 11 is 0. The fourth-order valence-electron chi connectivity index (χ4n) is 3.23. The van der Waals surface area contributed by atoms with Crippen LogP contribution in [-0.2, 0) is 0 Å². The largest absolute Gasteiger partial charge is 0.495 e. The molecule has 1 aliphatic rings. The number of hydrogen-bond donors (Lipinski definition) is 1. The molecular weight excluding hydrogens is 354 g/mol. The van der Waals surface area contributed by atoms with E-state index in [1.54, 1.807) is 19.4 Å². The first-order valence-corrected chi connectivity index (χ1v) is 9.82. The number of para-hydroxylation sites is 2. The molecule has 2 aromatic rings. The van der Waals surface area contributed by atoms with Crippen LogP contribution in [0.3, 0.4) is 0 Å². The minimum Gasteiger partial charge on any atom is -0.495 e. The standard InChI is InChI=1S/C21H29N5O2/c1-16(2)8-10-22-20(27)17-9-11-23-21(24-17)26-14-12-25(13-15-26)18-6-4-5-7-19(18)28-3/h4-7,9,11,16H,8,10,12-15H2,1-3H3,(H,22,27). The molecule has 1 saturated heterocycles. The molecule has 0 aliphatic carbocycles. The summed E-state index contributed by atoms with van der Waals surface area (Å²) in [6, 6.07) is 9.72. The Bertz CT molecular complexity index is 788. The lowest BCUT2D eigenvalue weighted by atomic mass is 10.1. The summed E-state index contributed by atoms with van der Waals surface area (Å²) in [5, 5.41) is 2.93. The zero-order chi connectivity index (χ0) is 19.9. The van der Waals surface area contributed by atoms with Crippen LogP contribution in [0.2, 0.25) is 0 Å². The summed E-state index contributed by atoms with van der Waals surface area (Å²) in [6.45, 7) is 8.20. The third-order valence-electron chi connectivity index (χ3n) is 4.87. The highest BCUT2D eigenvalue weighted by Crippen LogP contribution is 2.28. The number of ether oxygens (including phenoxy) is 1. The molecule has 0 unspecified atom stereocenters. The number of rotatable bonds is 7. The Labute approximate surface area is 166 Å². The minimum atomic E-state index is -0.142. The van der Waals surface area contributed by atoms with Gasteiger partial charge in [0.1, 0.15) is 11.4 Å². The number of anilines is 2. The van der Waals surface area contributed by atoms with Crippen molar-refractivity contribution in [2.75, 3.05) is 49.6 Å². The quantitative estimate of drug-likeness (QED) is 0.792. The van der Waals surface area contributed by atoms with Gasteiger partial charge in [0.25, 0.3) is 5.91 Å². The van der Waals surface area contributed by atoms with Gasteiger partial charge in [0.05, 0.1) is 12.8 Å². The number of methoxy groups -OCH3 is 1. The molecule has 0 saturated carbocycles. The van der Waals surface area contributed by atoms with Crippen LogP contribution in [0.1, 0.15) is 30.8 Å². The van der Waals surface area contributed by atoms with Crippen molar-refractivity contribution < 1.29 is 9.53 Å². The molecular formula is C21H29N5O2. The highest BCUT2D eigenvalue weighted by atomic mass is 16.5. The average Bonchev–Trinajstić information content (AvgIpc) is 2.73. The maximum absolute atomic E-state index is 12.3. The fourth-order valence-corrected chi connectivity index (χ4v) is 3.23. The SMILES string of the molecule is COc1ccccc1N1CCN(c2nccc(C(=O)NCCC(C)C)n2)CC1. The van der Waals surface area contributed by atoms with Crippen LogP contribution in [0.15, 0.2) is 36.5 Å². The summed E-state index contributed by atoms with van der Waals surface area (Å²) in [6.07, 6.45) is 2.61. The predicted octanol–water partition coefficient (Wildman–Crippen LogP) is 2.59. The van der Waals surface area contributed by atoms with Crippen LogP contribution < -0.4 is 19.9 Å². The third-order valence-corrected chi connectivity index (χ3v) is 4.87. The van der Waals surface area contributed by atoms with E-state index in [9.17, 15) is 4.79 Å². The maximum atomic E-state index is 12.3. The van der Waals surface area contributed by atoms with Crippen molar-refractivity contribution in [3.05, 3.63) is 42.2 Å². The molecule has 0 atom stereocenters. The van der Waals surface area contributed by atoms with Gasteiger partial charge >= 0.3 is 0 Å². The molecule has 3 rings (SSSR count). The molecule has 1 aliphatic heterocycles. The van der Waals surface area contributed by atoms with Crippen LogP contribution in [-0.4, -0.2) is 55.7 Å². The number of amides is 1. The van der Waals surface area contributed by atoms with Gasteiger partial charge in [0, 0.05) is 38.9 Å². The lowest BCUT2D eigenvalue weighted by Crippen LogP contribution is -2.47. The van der Waals surface area contributed by atoms with E-state index in [4.69, 9.17) is 4.74 Å². The number of piperazine rings is 1. The molecule has 0 radical (unpaired) electrons. The molecule has 28 heavy (non-hydrogen) atoms. The molecule has 2 heterocycles. The van der Waals surface area contributed by atoms with Crippen LogP contribution in [0.5, 0.6) is 5.75 Å². The van der Waals surface area contributed by atoms with Gasteiger partial charge in [-0.05, 0) is 30.5 Å². The molecule has 150 valence electrons. The molecule has 7 nitrogen and oxygen atoms in total. The summed E-state index contributed by atoms with van der Waals surface area (Å²) in [5.41, 5.74) is 1.52. The number of benzene rings is 1. The van der Waals surface area contributed by atoms with Gasteiger partial charge in [-0.1, -0.05) is 26.0 Å². The van der Waals surface area contributed by atoms with E-state index in [-0.39, 0.29) is 5.91 Å². The first-order valence-electron chi connectivity index (χ1n) is 9.82. The summed E-state index contributed by atoms with van der Waals surface area (Å²) in [5.74, 6) is 1.90. The lowest BCUT2D eigenvalue weighted by molar-refractivity contribution is 0.0947. The number of nitrogens with one attached hydrogen (secondary N) is 1. The second-order valence-corrected chi connectivity index (χ2v) is 7.33. The van der Waals surface area contributed by atoms with Crippen LogP contribution in [0, 0.1) is 5.92 Å². The molecule has 7 heteroatoms. The van der Waals surface area contributed by atoms with E-state index in [1.165, 1.54) is 0 Å². The Kier molecular flexibility index (Phi) is 6.68. The van der Waals surface area contributed by atoms with Crippen molar-refractivity contribution in [2.24, 2.45) is 5.92 Å². The van der Waals surface area contributed by atoms with Gasteiger partial charge in [0.15, 0.2) is 0 Å². The van der Waals surface area contributed by atoms with Crippen molar-refractivity contribution in [3.8, 4) is 5.75 Å². The normalized spacial score (nSPS) is 14.3. The van der Waals surface area contributed by atoms with E-state index in [0.29, 0.717) is 24.1 Å². The van der Waals surface area contributed by atoms with Gasteiger partial charge in [0.2, 0.25) is 5.95 Å². The Morgan fingerprint density at radius 3 is 2.57 bits per heavy atom. The maximum Gasteiger partial charge on any atom is 0.270 e. The van der Waals surface area contributed by atoms with Gasteiger partial charge < -0.3 is 19.9 Å². The molecule has 1 aromatic heterocycles. The molecule has 0 spiro atoms. The molecule has 0 bridgehead atoms. The van der Waals surface area contributed by atoms with Crippen molar-refractivity contribution in [1.82, 2.24) is 15.3 Å². The number of hydrogen-bond acceptors (Lipinski definition) is 6. The number of carbonyl (C=O) groups is 1. The second-order valence-electron chi connectivity index (χ2n) is 7.33. The van der Waals surface area contributed by atoms with E-state index in [1.807, 2.05) is 18.2 Å². The van der Waals surface area contributed by atoms with E-state index < -0.39 is 0 Å². The van der Waals surface area contributed by atoms with Crippen molar-refractivity contribution in [2.45, 2.75) is 20.3 Å². The molecule has 1 aromatic carbocycles. The third kappa shape index (κ3) is 4.91. The van der Waals surface area contributed by atoms with Crippen molar-refractivity contribution in [3.63, 3.8) is 0 Å². The number of aromatic nitrogens is 2. The van der Waals surface area contributed by atoms with Gasteiger partial charge in [-0.25, -0.2) is 9.97 Å². The first-order chi connectivity index (χ1) is 13.6. The zero-order valence-electron chi connectivity index (χ0n) is 16.9. The first kappa shape index (κ1) is 19.9. The van der Waals surface area contributed by atoms with Crippen LogP contribution >= 0.6 is 0 Å². The van der Waals surface area contributed by atoms with Crippen LogP contribution in [0.4, 0.5) is 11.6 Å². The summed E-state index contributed by atoms with van der Waals surface area (Å²) < 4.78 is 5.47. The smallest absolute Gasteiger partial charge is 0.270 e. The highest BCUT2D eigenvalue weighted by Gasteiger charge is 2.22. The van der Waals surface area contributed by atoms with E-state index >= 15 is 0 Å². The van der Waals surface area contributed by atoms with Crippen molar-refractivity contribution >= 4 is 17.5 Å². The van der Waals surface area contributed by atoms with Crippen molar-refractivity contribution in [1.29, 1.82) is 0 Å². The Balaban J connectivity index is 1.61. The zero-order valence-corrected chi connectivity index (χ0v) is 16.9. The highest BCUT2D eigenvalue weighted by molar-refractivity contribution is 5.92. The van der Waals surface area contributed by atoms with E-state index in [0.717, 1.165) is 44.0 Å². The molecule has 1 N–H and O–H groups in total. The Morgan fingerprint density at radius 1 is 1.14 bits per heavy atom. The Morgan fingerprint density at radius 2 is 1.86 bits per heavy atom. The fraction of sp³-hybridized carbons (Fsp3) is 0.476. The predicted molar refractivity (Wildman–Crippen MR) is 111 cm³/mol. The lowest BCUT2D eigenvalue weighted by Gasteiger charge is -2.36. The molecule has 1 amide bonds. The van der Waals surface area contributed by atoms with E-state index in [2.05, 4.69) is 45.0 Å². The van der Waals surface area contributed by atoms with Gasteiger partial charge in [-0.3, -0.25) is 4.79 Å². The average molecular weight is 383 g/mol. The van der Waals surface area contributed by atoms with Gasteiger partial charge in [-0.2, -0.15) is 0 Å². The summed E-state index contributed by atoms with van der Waals surface area (Å²) in [7, 11) is 1.70. The Hall–Kier alpha value is -2.83.